The lowest BCUT2D eigenvalue weighted by Gasteiger charge is -2.26. The highest BCUT2D eigenvalue weighted by atomic mass is 35.5. The van der Waals surface area contributed by atoms with E-state index in [0.29, 0.717) is 34.6 Å². The summed E-state index contributed by atoms with van der Waals surface area (Å²) in [6.07, 6.45) is 1.01. The van der Waals surface area contributed by atoms with E-state index in [-0.39, 0.29) is 28.5 Å². The Labute approximate surface area is 181 Å². The fraction of sp³-hybridized carbons (Fsp3) is 0.261. The molecule has 1 saturated carbocycles. The van der Waals surface area contributed by atoms with Gasteiger partial charge in [0.2, 0.25) is 0 Å². The maximum absolute atomic E-state index is 13.1. The lowest BCUT2D eigenvalue weighted by molar-refractivity contribution is 0.0997. The zero-order valence-electron chi connectivity index (χ0n) is 17.0. The lowest BCUT2D eigenvalue weighted by atomic mass is 9.79. The SMILES string of the molecule is Cc1cc(C2(C)CCC(=C(F)F)C2)c(Cl)cc1-c1cc(=O)c2c(C(N)=O)nccc2[nH]1. The van der Waals surface area contributed by atoms with Crippen LogP contribution in [0, 0.1) is 6.92 Å². The summed E-state index contributed by atoms with van der Waals surface area (Å²) in [5, 5.41) is 0.585. The number of hydrogen-bond acceptors (Lipinski definition) is 3. The largest absolute Gasteiger partial charge is 0.364 e. The molecule has 1 amide bonds. The number of amides is 1. The summed E-state index contributed by atoms with van der Waals surface area (Å²) < 4.78 is 26.2. The number of hydrogen-bond donors (Lipinski definition) is 2. The number of rotatable bonds is 3. The molecule has 1 atom stereocenters. The second-order valence-corrected chi connectivity index (χ2v) is 8.65. The van der Waals surface area contributed by atoms with Gasteiger partial charge in [-0.05, 0) is 60.4 Å². The minimum atomic E-state index is -1.60. The molecule has 2 heterocycles. The molecule has 1 unspecified atom stereocenters. The predicted octanol–water partition coefficient (Wildman–Crippen LogP) is 5.24. The third-order valence-electron chi connectivity index (χ3n) is 6.08. The zero-order valence-corrected chi connectivity index (χ0v) is 17.7. The van der Waals surface area contributed by atoms with Gasteiger partial charge in [-0.15, -0.1) is 0 Å². The molecule has 5 nitrogen and oxygen atoms in total. The standard InChI is InChI=1S/C23H20ClF2N3O2/c1-11-7-14(23(2)5-3-12(10-23)21(25)26)15(24)8-13(11)17-9-18(30)19-16(29-17)4-6-28-20(19)22(27)31/h4,6-9H,3,5,10H2,1-2H3,(H2,27,31)(H,29,30). The number of pyridine rings is 2. The van der Waals surface area contributed by atoms with E-state index in [1.165, 1.54) is 12.3 Å². The van der Waals surface area contributed by atoms with Gasteiger partial charge in [-0.1, -0.05) is 24.6 Å². The number of H-pyrrole nitrogens is 1. The van der Waals surface area contributed by atoms with Crippen molar-refractivity contribution in [3.8, 4) is 11.3 Å². The summed E-state index contributed by atoms with van der Waals surface area (Å²) in [5.41, 5.74) is 7.89. The summed E-state index contributed by atoms with van der Waals surface area (Å²) in [4.78, 5) is 31.4. The topological polar surface area (TPSA) is 88.8 Å². The molecule has 0 radical (unpaired) electrons. The van der Waals surface area contributed by atoms with Gasteiger partial charge in [0.15, 0.2) is 5.43 Å². The average molecular weight is 444 g/mol. The van der Waals surface area contributed by atoms with Crippen LogP contribution in [0.3, 0.4) is 0 Å². The maximum Gasteiger partial charge on any atom is 0.269 e. The summed E-state index contributed by atoms with van der Waals surface area (Å²) in [6.45, 7) is 3.82. The van der Waals surface area contributed by atoms with Gasteiger partial charge in [0.1, 0.15) is 5.69 Å². The van der Waals surface area contributed by atoms with Crippen LogP contribution in [0.1, 0.15) is 47.8 Å². The van der Waals surface area contributed by atoms with E-state index in [0.717, 1.165) is 11.1 Å². The Balaban J connectivity index is 1.83. The van der Waals surface area contributed by atoms with Crippen LogP contribution in [0.5, 0.6) is 0 Å². The molecule has 1 aliphatic carbocycles. The lowest BCUT2D eigenvalue weighted by Crippen LogP contribution is -2.18. The number of aromatic amines is 1. The van der Waals surface area contributed by atoms with E-state index in [2.05, 4.69) is 9.97 Å². The first-order valence-electron chi connectivity index (χ1n) is 9.76. The third-order valence-corrected chi connectivity index (χ3v) is 6.39. The molecule has 8 heteroatoms. The zero-order chi connectivity index (χ0) is 22.5. The van der Waals surface area contributed by atoms with E-state index >= 15 is 0 Å². The van der Waals surface area contributed by atoms with Crippen LogP contribution in [0.2, 0.25) is 5.02 Å². The van der Waals surface area contributed by atoms with Crippen LogP contribution >= 0.6 is 11.6 Å². The fourth-order valence-electron chi connectivity index (χ4n) is 4.43. The number of allylic oxidation sites excluding steroid dienone is 1. The number of carbonyl (C=O) groups is 1. The maximum atomic E-state index is 13.1. The number of aryl methyl sites for hydroxylation is 1. The number of benzene rings is 1. The van der Waals surface area contributed by atoms with E-state index in [1.54, 1.807) is 12.1 Å². The molecule has 160 valence electrons. The first-order valence-corrected chi connectivity index (χ1v) is 10.1. The van der Waals surface area contributed by atoms with Crippen LogP contribution < -0.4 is 11.2 Å². The molecular formula is C23H20ClF2N3O2. The Morgan fingerprint density at radius 3 is 2.68 bits per heavy atom. The third kappa shape index (κ3) is 3.63. The van der Waals surface area contributed by atoms with Crippen molar-refractivity contribution in [3.05, 3.63) is 74.2 Å². The molecule has 31 heavy (non-hydrogen) atoms. The monoisotopic (exact) mass is 443 g/mol. The summed E-state index contributed by atoms with van der Waals surface area (Å²) in [6, 6.07) is 6.63. The van der Waals surface area contributed by atoms with Gasteiger partial charge < -0.3 is 10.7 Å². The van der Waals surface area contributed by atoms with Gasteiger partial charge in [0.05, 0.1) is 16.6 Å². The molecular weight excluding hydrogens is 424 g/mol. The highest BCUT2D eigenvalue weighted by Gasteiger charge is 2.37. The van der Waals surface area contributed by atoms with Crippen molar-refractivity contribution in [3.63, 3.8) is 0 Å². The smallest absolute Gasteiger partial charge is 0.269 e. The Morgan fingerprint density at radius 2 is 2.03 bits per heavy atom. The molecule has 1 fully saturated rings. The minimum Gasteiger partial charge on any atom is -0.364 e. The fourth-order valence-corrected chi connectivity index (χ4v) is 4.82. The molecule has 0 spiro atoms. The molecule has 0 saturated heterocycles. The number of nitrogens with one attached hydrogen (secondary N) is 1. The van der Waals surface area contributed by atoms with E-state index < -0.39 is 17.4 Å². The van der Waals surface area contributed by atoms with Crippen molar-refractivity contribution < 1.29 is 13.6 Å². The Hall–Kier alpha value is -3.06. The van der Waals surface area contributed by atoms with Crippen molar-refractivity contribution in [2.75, 3.05) is 0 Å². The molecule has 0 bridgehead atoms. The van der Waals surface area contributed by atoms with E-state index in [4.69, 9.17) is 17.3 Å². The first kappa shape index (κ1) is 21.2. The number of aromatic nitrogens is 2. The average Bonchev–Trinajstić information content (AvgIpc) is 3.12. The predicted molar refractivity (Wildman–Crippen MR) is 117 cm³/mol. The van der Waals surface area contributed by atoms with Crippen molar-refractivity contribution in [1.82, 2.24) is 9.97 Å². The Bertz CT molecular complexity index is 1330. The van der Waals surface area contributed by atoms with E-state index in [9.17, 15) is 18.4 Å². The van der Waals surface area contributed by atoms with Crippen LogP contribution in [0.4, 0.5) is 8.78 Å². The minimum absolute atomic E-state index is 0.0893. The number of carbonyl (C=O) groups excluding carboxylic acids is 1. The molecule has 2 aromatic heterocycles. The number of primary amides is 1. The number of halogens is 3. The van der Waals surface area contributed by atoms with Crippen molar-refractivity contribution >= 4 is 28.4 Å². The Morgan fingerprint density at radius 1 is 1.29 bits per heavy atom. The van der Waals surface area contributed by atoms with Crippen molar-refractivity contribution in [2.45, 2.75) is 38.5 Å². The first-order chi connectivity index (χ1) is 14.6. The highest BCUT2D eigenvalue weighted by Crippen LogP contribution is 2.48. The van der Waals surface area contributed by atoms with Crippen LogP contribution in [0.25, 0.3) is 22.2 Å². The van der Waals surface area contributed by atoms with Crippen LogP contribution in [-0.4, -0.2) is 15.9 Å². The van der Waals surface area contributed by atoms with E-state index in [1.807, 2.05) is 19.9 Å². The normalized spacial score (nSPS) is 18.5. The Kier molecular flexibility index (Phi) is 5.17. The van der Waals surface area contributed by atoms with Crippen molar-refractivity contribution in [1.29, 1.82) is 0 Å². The second kappa shape index (κ2) is 7.57. The second-order valence-electron chi connectivity index (χ2n) is 8.24. The van der Waals surface area contributed by atoms with Gasteiger partial charge in [-0.25, -0.2) is 0 Å². The molecule has 4 rings (SSSR count). The van der Waals surface area contributed by atoms with Gasteiger partial charge in [0.25, 0.3) is 12.0 Å². The highest BCUT2D eigenvalue weighted by molar-refractivity contribution is 6.31. The van der Waals surface area contributed by atoms with Crippen LogP contribution in [-0.2, 0) is 5.41 Å². The number of nitrogens with zero attached hydrogens (tertiary/aromatic N) is 1. The van der Waals surface area contributed by atoms with Gasteiger partial charge in [-0.2, -0.15) is 8.78 Å². The van der Waals surface area contributed by atoms with Gasteiger partial charge in [0, 0.05) is 22.8 Å². The molecule has 1 aliphatic rings. The quantitative estimate of drug-likeness (QED) is 0.579. The molecule has 3 aromatic rings. The molecule has 3 N–H and O–H groups in total. The molecule has 0 aliphatic heterocycles. The number of nitrogens with two attached hydrogens (primary N) is 1. The van der Waals surface area contributed by atoms with Gasteiger partial charge >= 0.3 is 0 Å². The summed E-state index contributed by atoms with van der Waals surface area (Å²) in [7, 11) is 0. The molecule has 1 aromatic carbocycles. The summed E-state index contributed by atoms with van der Waals surface area (Å²) >= 11 is 6.61. The van der Waals surface area contributed by atoms with Crippen LogP contribution in [0.15, 0.2) is 46.9 Å². The number of fused-ring (bicyclic) bond motifs is 1. The summed E-state index contributed by atoms with van der Waals surface area (Å²) in [5.74, 6) is -0.782. The van der Waals surface area contributed by atoms with Gasteiger partial charge in [-0.3, -0.25) is 14.6 Å². The van der Waals surface area contributed by atoms with Crippen molar-refractivity contribution in [2.24, 2.45) is 5.73 Å².